The number of hydrogen-bond donors (Lipinski definition) is 2. The molecule has 0 aliphatic carbocycles. The number of allylic oxidation sites excluding steroid dienone is 1. The van der Waals surface area contributed by atoms with Gasteiger partial charge in [0.05, 0.1) is 5.97 Å². The number of carbonyl (C=O) groups excluding carboxylic acids is 2. The summed E-state index contributed by atoms with van der Waals surface area (Å²) >= 11 is 0. The lowest BCUT2D eigenvalue weighted by Gasteiger charge is -2.00. The zero-order chi connectivity index (χ0) is 8.15. The van der Waals surface area contributed by atoms with Gasteiger partial charge in [-0.05, 0) is 13.0 Å². The molecule has 0 bridgehead atoms. The van der Waals surface area contributed by atoms with Crippen LogP contribution in [-0.2, 0) is 4.79 Å². The van der Waals surface area contributed by atoms with Crippen molar-refractivity contribution in [2.24, 2.45) is 5.73 Å². The molecule has 0 aliphatic heterocycles. The van der Waals surface area contributed by atoms with E-state index in [9.17, 15) is 14.7 Å². The van der Waals surface area contributed by atoms with Crippen molar-refractivity contribution in [3.8, 4) is 0 Å². The van der Waals surface area contributed by atoms with Crippen molar-refractivity contribution in [3.63, 3.8) is 0 Å². The first-order valence-corrected chi connectivity index (χ1v) is 2.48. The molecule has 10 heavy (non-hydrogen) atoms. The number of amides is 2. The van der Waals surface area contributed by atoms with E-state index in [1.165, 1.54) is 6.92 Å². The molecule has 0 atom stereocenters. The molecule has 0 rings (SSSR count). The van der Waals surface area contributed by atoms with Crippen LogP contribution in [0.1, 0.15) is 6.92 Å². The Balaban J connectivity index is 3.95. The summed E-state index contributed by atoms with van der Waals surface area (Å²) < 4.78 is 0. The Kier molecular flexibility index (Phi) is 2.96. The molecule has 0 fully saturated rings. The number of carbonyl (C=O) groups is 2. The van der Waals surface area contributed by atoms with Crippen molar-refractivity contribution >= 4 is 12.0 Å². The maximum atomic E-state index is 10.0. The van der Waals surface area contributed by atoms with Crippen LogP contribution in [0.3, 0.4) is 0 Å². The lowest BCUT2D eigenvalue weighted by Crippen LogP contribution is -2.29. The molecule has 0 radical (unpaired) electrons. The molecule has 0 aromatic carbocycles. The fourth-order valence-corrected chi connectivity index (χ4v) is 0.407. The number of urea groups is 1. The Morgan fingerprint density at radius 3 is 2.40 bits per heavy atom. The van der Waals surface area contributed by atoms with E-state index in [-0.39, 0.29) is 5.70 Å². The number of hydrogen-bond acceptors (Lipinski definition) is 3. The maximum Gasteiger partial charge on any atom is 0.316 e. The van der Waals surface area contributed by atoms with Crippen LogP contribution < -0.4 is 16.2 Å². The van der Waals surface area contributed by atoms with E-state index in [0.29, 0.717) is 0 Å². The second kappa shape index (κ2) is 3.49. The van der Waals surface area contributed by atoms with Gasteiger partial charge >= 0.3 is 6.03 Å². The monoisotopic (exact) mass is 143 g/mol. The molecule has 2 amide bonds. The minimum Gasteiger partial charge on any atom is -0.545 e. The Morgan fingerprint density at radius 1 is 1.60 bits per heavy atom. The van der Waals surface area contributed by atoms with Crippen molar-refractivity contribution in [1.29, 1.82) is 0 Å². The van der Waals surface area contributed by atoms with Gasteiger partial charge in [-0.15, -0.1) is 0 Å². The molecule has 3 N–H and O–H groups in total. The van der Waals surface area contributed by atoms with Crippen molar-refractivity contribution in [3.05, 3.63) is 11.8 Å². The average Bonchev–Trinajstić information content (AvgIpc) is 1.58. The van der Waals surface area contributed by atoms with Gasteiger partial charge in [0.2, 0.25) is 0 Å². The maximum absolute atomic E-state index is 10.0. The van der Waals surface area contributed by atoms with E-state index in [1.54, 1.807) is 0 Å². The molecule has 0 aromatic rings. The molecule has 5 heteroatoms. The van der Waals surface area contributed by atoms with Crippen molar-refractivity contribution in [2.75, 3.05) is 0 Å². The van der Waals surface area contributed by atoms with Gasteiger partial charge in [-0.2, -0.15) is 0 Å². The van der Waals surface area contributed by atoms with Crippen molar-refractivity contribution in [1.82, 2.24) is 5.32 Å². The third kappa shape index (κ3) is 4.63. The smallest absolute Gasteiger partial charge is 0.316 e. The van der Waals surface area contributed by atoms with E-state index in [4.69, 9.17) is 0 Å². The van der Waals surface area contributed by atoms with Gasteiger partial charge in [-0.25, -0.2) is 4.79 Å². The predicted octanol–water partition coefficient (Wildman–Crippen LogP) is -1.69. The summed E-state index contributed by atoms with van der Waals surface area (Å²) in [6.45, 7) is 1.39. The van der Waals surface area contributed by atoms with Gasteiger partial charge in [0.25, 0.3) is 0 Å². The summed E-state index contributed by atoms with van der Waals surface area (Å²) in [5, 5.41) is 11.9. The summed E-state index contributed by atoms with van der Waals surface area (Å²) in [4.78, 5) is 19.9. The summed E-state index contributed by atoms with van der Waals surface area (Å²) in [6.07, 6.45) is 0.741. The normalized spacial score (nSPS) is 10.7. The highest BCUT2D eigenvalue weighted by molar-refractivity contribution is 5.80. The fraction of sp³-hybridized carbons (Fsp3) is 0.200. The van der Waals surface area contributed by atoms with Gasteiger partial charge in [0.1, 0.15) is 0 Å². The minimum atomic E-state index is -1.37. The van der Waals surface area contributed by atoms with E-state index < -0.39 is 12.0 Å². The third-order valence-electron chi connectivity index (χ3n) is 0.655. The molecule has 0 aromatic heterocycles. The first-order valence-electron chi connectivity index (χ1n) is 2.48. The standard InChI is InChI=1S/C5H8N2O3/c1-3(2-4(8)9)7-5(6)10/h2H,1H3,(H,8,9)(H3,6,7,10)/p-1/b3-2-. The van der Waals surface area contributed by atoms with Crippen LogP contribution in [0.25, 0.3) is 0 Å². The molecular weight excluding hydrogens is 136 g/mol. The molecule has 0 spiro atoms. The lowest BCUT2D eigenvalue weighted by molar-refractivity contribution is -0.297. The summed E-state index contributed by atoms with van der Waals surface area (Å²) in [6, 6.07) is -0.796. The summed E-state index contributed by atoms with van der Waals surface area (Å²) in [7, 11) is 0. The zero-order valence-electron chi connectivity index (χ0n) is 5.38. The van der Waals surface area contributed by atoms with Gasteiger partial charge in [0, 0.05) is 5.70 Å². The molecule has 0 heterocycles. The van der Waals surface area contributed by atoms with E-state index >= 15 is 0 Å². The van der Waals surface area contributed by atoms with Crippen LogP contribution in [0.2, 0.25) is 0 Å². The number of rotatable bonds is 2. The molecule has 5 nitrogen and oxygen atoms in total. The molecule has 0 saturated heterocycles. The number of aliphatic carboxylic acids is 1. The average molecular weight is 143 g/mol. The SMILES string of the molecule is C/C(=C/C(=O)[O-])NC(N)=O. The Morgan fingerprint density at radius 2 is 2.10 bits per heavy atom. The van der Waals surface area contributed by atoms with Crippen LogP contribution in [0.5, 0.6) is 0 Å². The number of carboxylic acids is 1. The summed E-state index contributed by atoms with van der Waals surface area (Å²) in [5.41, 5.74) is 4.81. The largest absolute Gasteiger partial charge is 0.545 e. The van der Waals surface area contributed by atoms with Crippen molar-refractivity contribution in [2.45, 2.75) is 6.92 Å². The minimum absolute atomic E-state index is 0.146. The van der Waals surface area contributed by atoms with Crippen LogP contribution >= 0.6 is 0 Å². The van der Waals surface area contributed by atoms with Crippen LogP contribution in [-0.4, -0.2) is 12.0 Å². The number of nitrogens with two attached hydrogens (primary N) is 1. The predicted molar refractivity (Wildman–Crippen MR) is 31.5 cm³/mol. The van der Waals surface area contributed by atoms with Gasteiger partial charge in [-0.3, -0.25) is 0 Å². The van der Waals surface area contributed by atoms with E-state index in [2.05, 4.69) is 11.1 Å². The van der Waals surface area contributed by atoms with Crippen LogP contribution in [0.15, 0.2) is 11.8 Å². The number of carboxylic acid groups (broad SMARTS) is 1. The molecule has 0 aliphatic rings. The molecule has 0 saturated carbocycles. The first-order chi connectivity index (χ1) is 4.52. The Hall–Kier alpha value is -1.52. The van der Waals surface area contributed by atoms with Crippen molar-refractivity contribution < 1.29 is 14.7 Å². The lowest BCUT2D eigenvalue weighted by atomic mass is 10.4. The van der Waals surface area contributed by atoms with Gasteiger partial charge in [0.15, 0.2) is 0 Å². The topological polar surface area (TPSA) is 95.2 Å². The number of nitrogens with one attached hydrogen (secondary N) is 1. The number of primary amides is 1. The van der Waals surface area contributed by atoms with E-state index in [1.807, 2.05) is 0 Å². The molecule has 56 valence electrons. The van der Waals surface area contributed by atoms with Gasteiger partial charge < -0.3 is 21.0 Å². The van der Waals surface area contributed by atoms with Crippen LogP contribution in [0.4, 0.5) is 4.79 Å². The van der Waals surface area contributed by atoms with Gasteiger partial charge in [-0.1, -0.05) is 0 Å². The second-order valence-electron chi connectivity index (χ2n) is 1.64. The third-order valence-corrected chi connectivity index (χ3v) is 0.655. The highest BCUT2D eigenvalue weighted by Gasteiger charge is 1.90. The highest BCUT2D eigenvalue weighted by Crippen LogP contribution is 1.82. The Labute approximate surface area is 57.5 Å². The zero-order valence-corrected chi connectivity index (χ0v) is 5.38. The molecule has 0 unspecified atom stereocenters. The molecular formula is C5H7N2O3-. The Bertz CT molecular complexity index is 185. The quantitative estimate of drug-likeness (QED) is 0.451. The fourth-order valence-electron chi connectivity index (χ4n) is 0.407. The first kappa shape index (κ1) is 8.48. The second-order valence-corrected chi connectivity index (χ2v) is 1.64. The highest BCUT2D eigenvalue weighted by atomic mass is 16.4. The van der Waals surface area contributed by atoms with Crippen LogP contribution in [0, 0.1) is 0 Å². The summed E-state index contributed by atoms with van der Waals surface area (Å²) in [5.74, 6) is -1.37. The van der Waals surface area contributed by atoms with E-state index in [0.717, 1.165) is 6.08 Å².